The first-order chi connectivity index (χ1) is 11.5. The van der Waals surface area contributed by atoms with E-state index in [0.29, 0.717) is 12.8 Å². The molecule has 0 aliphatic carbocycles. The molecule has 4 nitrogen and oxygen atoms in total. The maximum atomic E-state index is 11.9. The van der Waals surface area contributed by atoms with Gasteiger partial charge in [0.05, 0.1) is 0 Å². The Kier molecular flexibility index (Phi) is 9.51. The van der Waals surface area contributed by atoms with Crippen LogP contribution in [-0.4, -0.2) is 23.0 Å². The third kappa shape index (κ3) is 9.13. The maximum absolute atomic E-state index is 11.9. The molecular weight excluding hydrogens is 302 g/mol. The minimum atomic E-state index is -0.992. The van der Waals surface area contributed by atoms with Crippen LogP contribution in [0.3, 0.4) is 0 Å². The van der Waals surface area contributed by atoms with Crippen LogP contribution in [0.5, 0.6) is 0 Å². The summed E-state index contributed by atoms with van der Waals surface area (Å²) in [6.07, 6.45) is 8.06. The van der Waals surface area contributed by atoms with Crippen LogP contribution in [-0.2, 0) is 16.0 Å². The second-order valence-corrected chi connectivity index (χ2v) is 6.38. The average Bonchev–Trinajstić information content (AvgIpc) is 2.54. The Bertz CT molecular complexity index is 533. The van der Waals surface area contributed by atoms with Crippen molar-refractivity contribution in [2.45, 2.75) is 64.8 Å². The molecule has 0 fully saturated rings. The van der Waals surface area contributed by atoms with E-state index >= 15 is 0 Å². The van der Waals surface area contributed by atoms with E-state index < -0.39 is 12.0 Å². The van der Waals surface area contributed by atoms with Crippen LogP contribution in [0.15, 0.2) is 42.0 Å². The van der Waals surface area contributed by atoms with Crippen LogP contribution < -0.4 is 5.32 Å². The van der Waals surface area contributed by atoms with Crippen LogP contribution in [0.25, 0.3) is 0 Å². The summed E-state index contributed by atoms with van der Waals surface area (Å²) in [6.45, 7) is 4.19. The largest absolute Gasteiger partial charge is 0.480 e. The normalized spacial score (nSPS) is 11.6. The first kappa shape index (κ1) is 19.9. The summed E-state index contributed by atoms with van der Waals surface area (Å²) >= 11 is 0. The van der Waals surface area contributed by atoms with E-state index in [9.17, 15) is 14.7 Å². The predicted octanol–water partition coefficient (Wildman–Crippen LogP) is 4.11. The van der Waals surface area contributed by atoms with Crippen molar-refractivity contribution in [2.75, 3.05) is 0 Å². The molecule has 0 spiro atoms. The standard InChI is InChI=1S/C20H29NO3/c1-16(2)11-7-4-3-5-10-14-19(22)21-18(20(23)24)15-17-12-8-6-9-13-17/h6,8-9,11-13,18H,3-5,7,10,14-15H2,1-2H3,(H,21,22)(H,23,24)/t18-/m0/s1. The van der Waals surface area contributed by atoms with Crippen molar-refractivity contribution in [1.29, 1.82) is 0 Å². The van der Waals surface area contributed by atoms with Gasteiger partial charge in [0.1, 0.15) is 6.04 Å². The Morgan fingerprint density at radius 3 is 2.38 bits per heavy atom. The number of carboxylic acid groups (broad SMARTS) is 1. The molecule has 1 atom stereocenters. The highest BCUT2D eigenvalue weighted by atomic mass is 16.4. The summed E-state index contributed by atoms with van der Waals surface area (Å²) in [5.74, 6) is -1.17. The van der Waals surface area contributed by atoms with E-state index in [2.05, 4.69) is 25.2 Å². The second-order valence-electron chi connectivity index (χ2n) is 6.38. The molecule has 1 rings (SSSR count). The number of allylic oxidation sites excluding steroid dienone is 2. The monoisotopic (exact) mass is 331 g/mol. The highest BCUT2D eigenvalue weighted by molar-refractivity contribution is 5.83. The van der Waals surface area contributed by atoms with Crippen molar-refractivity contribution in [1.82, 2.24) is 5.32 Å². The summed E-state index contributed by atoms with van der Waals surface area (Å²) in [5.41, 5.74) is 2.25. The fourth-order valence-electron chi connectivity index (χ4n) is 2.49. The van der Waals surface area contributed by atoms with Gasteiger partial charge in [-0.25, -0.2) is 4.79 Å². The summed E-state index contributed by atoms with van der Waals surface area (Å²) < 4.78 is 0. The SMILES string of the molecule is CC(C)=CCCCCCCC(=O)N[C@@H](Cc1ccccc1)C(=O)O. The van der Waals surface area contributed by atoms with Crippen molar-refractivity contribution in [3.05, 3.63) is 47.5 Å². The summed E-state index contributed by atoms with van der Waals surface area (Å²) in [4.78, 5) is 23.3. The molecule has 4 heteroatoms. The molecule has 1 aromatic rings. The number of aliphatic carboxylic acids is 1. The Morgan fingerprint density at radius 1 is 1.08 bits per heavy atom. The highest BCUT2D eigenvalue weighted by Gasteiger charge is 2.19. The number of hydrogen-bond donors (Lipinski definition) is 2. The number of carboxylic acids is 1. The number of nitrogens with one attached hydrogen (secondary N) is 1. The molecule has 0 aliphatic rings. The lowest BCUT2D eigenvalue weighted by molar-refractivity contribution is -0.141. The lowest BCUT2D eigenvalue weighted by Crippen LogP contribution is -2.42. The molecule has 0 saturated carbocycles. The summed E-state index contributed by atoms with van der Waals surface area (Å²) in [7, 11) is 0. The molecule has 0 aliphatic heterocycles. The number of carbonyl (C=O) groups excluding carboxylic acids is 1. The first-order valence-electron chi connectivity index (χ1n) is 8.68. The van der Waals surface area contributed by atoms with Crippen molar-refractivity contribution in [2.24, 2.45) is 0 Å². The Balaban J connectivity index is 2.26. The minimum absolute atomic E-state index is 0.178. The van der Waals surface area contributed by atoms with Crippen molar-refractivity contribution in [3.63, 3.8) is 0 Å². The van der Waals surface area contributed by atoms with Crippen LogP contribution in [0.2, 0.25) is 0 Å². The topological polar surface area (TPSA) is 66.4 Å². The van der Waals surface area contributed by atoms with Crippen LogP contribution >= 0.6 is 0 Å². The van der Waals surface area contributed by atoms with Crippen molar-refractivity contribution >= 4 is 11.9 Å². The molecule has 0 unspecified atom stereocenters. The van der Waals surface area contributed by atoms with E-state index in [0.717, 1.165) is 37.7 Å². The smallest absolute Gasteiger partial charge is 0.326 e. The van der Waals surface area contributed by atoms with Crippen LogP contribution in [0.1, 0.15) is 57.9 Å². The van der Waals surface area contributed by atoms with Crippen molar-refractivity contribution in [3.8, 4) is 0 Å². The zero-order valence-electron chi connectivity index (χ0n) is 14.8. The van der Waals surface area contributed by atoms with Gasteiger partial charge in [0.2, 0.25) is 5.91 Å². The van der Waals surface area contributed by atoms with Gasteiger partial charge in [-0.15, -0.1) is 0 Å². The van der Waals surface area contributed by atoms with E-state index in [1.54, 1.807) is 0 Å². The molecule has 0 bridgehead atoms. The predicted molar refractivity (Wildman–Crippen MR) is 96.8 cm³/mol. The van der Waals surface area contributed by atoms with E-state index in [1.165, 1.54) is 5.57 Å². The number of hydrogen-bond acceptors (Lipinski definition) is 2. The van der Waals surface area contributed by atoms with E-state index in [1.807, 2.05) is 30.3 Å². The lowest BCUT2D eigenvalue weighted by atomic mass is 10.1. The summed E-state index contributed by atoms with van der Waals surface area (Å²) in [5, 5.41) is 11.9. The van der Waals surface area contributed by atoms with E-state index in [4.69, 9.17) is 0 Å². The van der Waals surface area contributed by atoms with Gasteiger partial charge in [0.25, 0.3) is 0 Å². The van der Waals surface area contributed by atoms with Gasteiger partial charge in [-0.1, -0.05) is 54.8 Å². The van der Waals surface area contributed by atoms with Crippen LogP contribution in [0, 0.1) is 0 Å². The van der Waals surface area contributed by atoms with Gasteiger partial charge >= 0.3 is 5.97 Å². The molecule has 0 aromatic heterocycles. The minimum Gasteiger partial charge on any atom is -0.480 e. The molecule has 132 valence electrons. The molecule has 2 N–H and O–H groups in total. The molecule has 1 aromatic carbocycles. The van der Waals surface area contributed by atoms with Crippen LogP contribution in [0.4, 0.5) is 0 Å². The zero-order chi connectivity index (χ0) is 17.8. The number of unbranched alkanes of at least 4 members (excludes halogenated alkanes) is 4. The van der Waals surface area contributed by atoms with Gasteiger partial charge in [0.15, 0.2) is 0 Å². The van der Waals surface area contributed by atoms with E-state index in [-0.39, 0.29) is 5.91 Å². The second kappa shape index (κ2) is 11.4. The zero-order valence-corrected chi connectivity index (χ0v) is 14.8. The molecule has 0 heterocycles. The van der Waals surface area contributed by atoms with Crippen molar-refractivity contribution < 1.29 is 14.7 Å². The fourth-order valence-corrected chi connectivity index (χ4v) is 2.49. The molecule has 1 amide bonds. The fraction of sp³-hybridized carbons (Fsp3) is 0.500. The average molecular weight is 331 g/mol. The maximum Gasteiger partial charge on any atom is 0.326 e. The lowest BCUT2D eigenvalue weighted by Gasteiger charge is -2.14. The number of carbonyl (C=O) groups is 2. The molecular formula is C20H29NO3. The number of amides is 1. The van der Waals surface area contributed by atoms with Gasteiger partial charge in [0, 0.05) is 12.8 Å². The number of benzene rings is 1. The molecule has 0 radical (unpaired) electrons. The number of rotatable bonds is 11. The van der Waals surface area contributed by atoms with Gasteiger partial charge in [-0.3, -0.25) is 4.79 Å². The van der Waals surface area contributed by atoms with Gasteiger partial charge in [-0.2, -0.15) is 0 Å². The highest BCUT2D eigenvalue weighted by Crippen LogP contribution is 2.08. The third-order valence-electron chi connectivity index (χ3n) is 3.83. The Labute approximate surface area is 145 Å². The Morgan fingerprint density at radius 2 is 1.75 bits per heavy atom. The molecule has 24 heavy (non-hydrogen) atoms. The summed E-state index contributed by atoms with van der Waals surface area (Å²) in [6, 6.07) is 8.49. The molecule has 0 saturated heterocycles. The van der Waals surface area contributed by atoms with Gasteiger partial charge < -0.3 is 10.4 Å². The first-order valence-corrected chi connectivity index (χ1v) is 8.68. The quantitative estimate of drug-likeness (QED) is 0.474. The van der Waals surface area contributed by atoms with Gasteiger partial charge in [-0.05, 0) is 38.7 Å². The third-order valence-corrected chi connectivity index (χ3v) is 3.83. The Hall–Kier alpha value is -2.10.